The average Bonchev–Trinajstić information content (AvgIpc) is 2.65. The molecular formula is C21H23N3O2. The third kappa shape index (κ3) is 3.10. The molecule has 1 aliphatic heterocycles. The molecule has 5 nitrogen and oxygen atoms in total. The van der Waals surface area contributed by atoms with Crippen molar-refractivity contribution in [3.05, 3.63) is 48.8 Å². The van der Waals surface area contributed by atoms with E-state index in [2.05, 4.69) is 35.2 Å². The average molecular weight is 349 g/mol. The summed E-state index contributed by atoms with van der Waals surface area (Å²) in [5.74, 6) is 1.16. The zero-order chi connectivity index (χ0) is 18.1. The number of fused-ring (bicyclic) bond motifs is 1. The van der Waals surface area contributed by atoms with Crippen molar-refractivity contribution in [2.75, 3.05) is 13.7 Å². The predicted molar refractivity (Wildman–Crippen MR) is 103 cm³/mol. The highest BCUT2D eigenvalue weighted by Crippen LogP contribution is 2.34. The van der Waals surface area contributed by atoms with Crippen LogP contribution in [-0.2, 0) is 0 Å². The molecule has 0 saturated carbocycles. The van der Waals surface area contributed by atoms with Gasteiger partial charge >= 0.3 is 0 Å². The van der Waals surface area contributed by atoms with E-state index in [-0.39, 0.29) is 5.54 Å². The molecule has 0 aliphatic carbocycles. The van der Waals surface area contributed by atoms with Gasteiger partial charge in [-0.05, 0) is 44.0 Å². The van der Waals surface area contributed by atoms with Crippen LogP contribution in [0.5, 0.6) is 11.6 Å². The smallest absolute Gasteiger partial charge is 0.257 e. The molecular weight excluding hydrogens is 326 g/mol. The van der Waals surface area contributed by atoms with E-state index in [1.165, 1.54) is 0 Å². The Morgan fingerprint density at radius 2 is 2.04 bits per heavy atom. The molecule has 26 heavy (non-hydrogen) atoms. The number of hydrogen-bond acceptors (Lipinski definition) is 5. The van der Waals surface area contributed by atoms with E-state index in [1.54, 1.807) is 7.11 Å². The monoisotopic (exact) mass is 349 g/mol. The maximum atomic E-state index is 5.95. The number of para-hydroxylation sites is 1. The van der Waals surface area contributed by atoms with Crippen LogP contribution in [0.4, 0.5) is 0 Å². The molecule has 5 heteroatoms. The molecule has 0 spiro atoms. The largest absolute Gasteiger partial charge is 0.491 e. The number of hydrogen-bond donors (Lipinski definition) is 1. The zero-order valence-corrected chi connectivity index (χ0v) is 15.3. The normalized spacial score (nSPS) is 22.0. The molecule has 1 aliphatic rings. The lowest BCUT2D eigenvalue weighted by Crippen LogP contribution is -2.63. The lowest BCUT2D eigenvalue weighted by Gasteiger charge is -2.44. The van der Waals surface area contributed by atoms with Crippen LogP contribution in [0.3, 0.4) is 0 Å². The first kappa shape index (κ1) is 16.8. The molecule has 1 aromatic carbocycles. The van der Waals surface area contributed by atoms with Gasteiger partial charge in [0.1, 0.15) is 6.61 Å². The Bertz CT molecular complexity index is 930. The van der Waals surface area contributed by atoms with Gasteiger partial charge in [0.25, 0.3) is 5.88 Å². The first-order chi connectivity index (χ1) is 12.6. The van der Waals surface area contributed by atoms with Crippen molar-refractivity contribution in [1.82, 2.24) is 15.3 Å². The number of benzene rings is 1. The van der Waals surface area contributed by atoms with E-state index in [4.69, 9.17) is 9.47 Å². The fraction of sp³-hybridized carbons (Fsp3) is 0.333. The maximum absolute atomic E-state index is 5.95. The summed E-state index contributed by atoms with van der Waals surface area (Å²) in [5.41, 5.74) is 3.03. The van der Waals surface area contributed by atoms with Crippen molar-refractivity contribution < 1.29 is 9.47 Å². The third-order valence-corrected chi connectivity index (χ3v) is 4.88. The Balaban J connectivity index is 1.62. The summed E-state index contributed by atoms with van der Waals surface area (Å²) in [6.45, 7) is 4.91. The molecule has 1 saturated heterocycles. The Morgan fingerprint density at radius 3 is 2.81 bits per heavy atom. The lowest BCUT2D eigenvalue weighted by atomic mass is 9.85. The molecule has 0 bridgehead atoms. The molecule has 1 unspecified atom stereocenters. The summed E-state index contributed by atoms with van der Waals surface area (Å²) in [5, 5.41) is 4.57. The summed E-state index contributed by atoms with van der Waals surface area (Å²) in [6.07, 6.45) is 4.74. The fourth-order valence-electron chi connectivity index (χ4n) is 3.76. The summed E-state index contributed by atoms with van der Waals surface area (Å²) in [7, 11) is 1.64. The van der Waals surface area contributed by atoms with Crippen molar-refractivity contribution in [3.8, 4) is 22.8 Å². The summed E-state index contributed by atoms with van der Waals surface area (Å²) in [4.78, 5) is 8.94. The molecule has 1 fully saturated rings. The molecule has 4 rings (SSSR count). The number of ether oxygens (including phenoxy) is 2. The van der Waals surface area contributed by atoms with Crippen LogP contribution in [0.2, 0.25) is 0 Å². The van der Waals surface area contributed by atoms with E-state index in [1.807, 2.05) is 42.7 Å². The van der Waals surface area contributed by atoms with Crippen molar-refractivity contribution in [2.45, 2.75) is 31.8 Å². The maximum Gasteiger partial charge on any atom is 0.257 e. The lowest BCUT2D eigenvalue weighted by molar-refractivity contribution is 0.0907. The van der Waals surface area contributed by atoms with Gasteiger partial charge < -0.3 is 14.8 Å². The number of rotatable bonds is 5. The van der Waals surface area contributed by atoms with Gasteiger partial charge in [-0.25, -0.2) is 4.98 Å². The minimum atomic E-state index is 0.00603. The van der Waals surface area contributed by atoms with Crippen LogP contribution < -0.4 is 14.8 Å². The third-order valence-electron chi connectivity index (χ3n) is 4.88. The second kappa shape index (κ2) is 6.57. The van der Waals surface area contributed by atoms with Gasteiger partial charge in [0.2, 0.25) is 0 Å². The van der Waals surface area contributed by atoms with Gasteiger partial charge in [0.05, 0.1) is 18.2 Å². The standard InChI is InChI=1S/C21H23N3O2/c1-14-11-21(2,24-14)13-26-20-19(25-3)10-15(12-23-20)16-8-9-22-18-7-5-4-6-17(16)18/h4-10,12,14,24H,11,13H2,1-3H3/t14?,21-/m0/s1. The minimum absolute atomic E-state index is 0.00603. The molecule has 2 aromatic heterocycles. The molecule has 0 radical (unpaired) electrons. The number of methoxy groups -OCH3 is 1. The first-order valence-corrected chi connectivity index (χ1v) is 8.87. The zero-order valence-electron chi connectivity index (χ0n) is 15.3. The van der Waals surface area contributed by atoms with Gasteiger partial charge in [0, 0.05) is 29.4 Å². The van der Waals surface area contributed by atoms with E-state index >= 15 is 0 Å². The second-order valence-corrected chi connectivity index (χ2v) is 7.21. The van der Waals surface area contributed by atoms with Gasteiger partial charge in [-0.3, -0.25) is 4.98 Å². The Kier molecular flexibility index (Phi) is 4.24. The second-order valence-electron chi connectivity index (χ2n) is 7.21. The van der Waals surface area contributed by atoms with Gasteiger partial charge in [0.15, 0.2) is 5.75 Å². The number of aromatic nitrogens is 2. The van der Waals surface area contributed by atoms with Crippen LogP contribution in [0.15, 0.2) is 48.8 Å². The van der Waals surface area contributed by atoms with Crippen molar-refractivity contribution >= 4 is 10.9 Å². The van der Waals surface area contributed by atoms with Crippen LogP contribution in [-0.4, -0.2) is 35.3 Å². The number of nitrogens with one attached hydrogen (secondary N) is 1. The van der Waals surface area contributed by atoms with Gasteiger partial charge in [-0.15, -0.1) is 0 Å². The quantitative estimate of drug-likeness (QED) is 0.759. The number of pyridine rings is 2. The van der Waals surface area contributed by atoms with E-state index in [0.29, 0.717) is 24.3 Å². The topological polar surface area (TPSA) is 56.3 Å². The van der Waals surface area contributed by atoms with E-state index in [9.17, 15) is 0 Å². The molecule has 3 aromatic rings. The van der Waals surface area contributed by atoms with Crippen molar-refractivity contribution in [3.63, 3.8) is 0 Å². The van der Waals surface area contributed by atoms with Crippen molar-refractivity contribution in [2.24, 2.45) is 0 Å². The Morgan fingerprint density at radius 1 is 1.23 bits per heavy atom. The summed E-state index contributed by atoms with van der Waals surface area (Å²) in [6, 6.07) is 12.6. The van der Waals surface area contributed by atoms with Gasteiger partial charge in [-0.1, -0.05) is 18.2 Å². The minimum Gasteiger partial charge on any atom is -0.491 e. The summed E-state index contributed by atoms with van der Waals surface area (Å²) >= 11 is 0. The first-order valence-electron chi connectivity index (χ1n) is 8.87. The molecule has 0 amide bonds. The fourth-order valence-corrected chi connectivity index (χ4v) is 3.76. The van der Waals surface area contributed by atoms with Crippen LogP contribution in [0.25, 0.3) is 22.0 Å². The van der Waals surface area contributed by atoms with Crippen LogP contribution in [0.1, 0.15) is 20.3 Å². The Labute approximate surface area is 153 Å². The highest BCUT2D eigenvalue weighted by molar-refractivity contribution is 5.94. The van der Waals surface area contributed by atoms with Crippen LogP contribution in [0, 0.1) is 0 Å². The molecule has 134 valence electrons. The van der Waals surface area contributed by atoms with Crippen LogP contribution >= 0.6 is 0 Å². The van der Waals surface area contributed by atoms with E-state index in [0.717, 1.165) is 28.5 Å². The molecule has 3 heterocycles. The highest BCUT2D eigenvalue weighted by Gasteiger charge is 2.37. The summed E-state index contributed by atoms with van der Waals surface area (Å²) < 4.78 is 11.5. The SMILES string of the molecule is COc1cc(-c2ccnc3ccccc23)cnc1OC[C@]1(C)CC(C)N1. The predicted octanol–water partition coefficient (Wildman–Crippen LogP) is 3.82. The molecule has 1 N–H and O–H groups in total. The number of nitrogens with zero attached hydrogens (tertiary/aromatic N) is 2. The van der Waals surface area contributed by atoms with E-state index < -0.39 is 0 Å². The Hall–Kier alpha value is -2.66. The molecule has 2 atom stereocenters. The van der Waals surface area contributed by atoms with Gasteiger partial charge in [-0.2, -0.15) is 0 Å². The highest BCUT2D eigenvalue weighted by atomic mass is 16.5. The van der Waals surface area contributed by atoms with Crippen molar-refractivity contribution in [1.29, 1.82) is 0 Å².